The van der Waals surface area contributed by atoms with Crippen LogP contribution in [0.2, 0.25) is 0 Å². The van der Waals surface area contributed by atoms with E-state index in [0.717, 1.165) is 6.92 Å². The molecular weight excluding hydrogens is 202 g/mol. The second-order valence-corrected chi connectivity index (χ2v) is 3.27. The monoisotopic (exact) mass is 213 g/mol. The van der Waals surface area contributed by atoms with Crippen molar-refractivity contribution in [3.63, 3.8) is 0 Å². The third-order valence-corrected chi connectivity index (χ3v) is 1.84. The van der Waals surface area contributed by atoms with Gasteiger partial charge >= 0.3 is 5.97 Å². The van der Waals surface area contributed by atoms with Crippen molar-refractivity contribution in [3.8, 4) is 0 Å². The molecule has 1 heterocycles. The number of furan rings is 1. The Morgan fingerprint density at radius 3 is 2.73 bits per heavy atom. The van der Waals surface area contributed by atoms with E-state index in [4.69, 9.17) is 5.11 Å². The molecule has 1 rings (SSSR count). The Kier molecular flexibility index (Phi) is 3.11. The van der Waals surface area contributed by atoms with Crippen LogP contribution in [0.5, 0.6) is 0 Å². The summed E-state index contributed by atoms with van der Waals surface area (Å²) in [4.78, 5) is 21.8. The van der Waals surface area contributed by atoms with Gasteiger partial charge in [0.1, 0.15) is 6.26 Å². The van der Waals surface area contributed by atoms with Gasteiger partial charge in [-0.2, -0.15) is 0 Å². The molecule has 0 spiro atoms. The molecule has 1 atom stereocenters. The molecule has 0 aliphatic rings. The van der Waals surface area contributed by atoms with Gasteiger partial charge in [0.05, 0.1) is 18.4 Å². The number of rotatable bonds is 4. The molecule has 82 valence electrons. The fourth-order valence-electron chi connectivity index (χ4n) is 0.824. The molecule has 0 radical (unpaired) electrons. The molecule has 1 aromatic rings. The van der Waals surface area contributed by atoms with E-state index >= 15 is 0 Å². The van der Waals surface area contributed by atoms with Crippen molar-refractivity contribution in [1.82, 2.24) is 5.32 Å². The molecule has 1 amide bonds. The van der Waals surface area contributed by atoms with Crippen molar-refractivity contribution in [2.24, 2.45) is 0 Å². The molecule has 15 heavy (non-hydrogen) atoms. The Labute approximate surface area is 85.5 Å². The minimum absolute atomic E-state index is 0.274. The summed E-state index contributed by atoms with van der Waals surface area (Å²) < 4.78 is 4.68. The molecule has 6 heteroatoms. The quantitative estimate of drug-likeness (QED) is 0.645. The largest absolute Gasteiger partial charge is 0.479 e. The van der Waals surface area contributed by atoms with Crippen LogP contribution in [0.4, 0.5) is 0 Å². The van der Waals surface area contributed by atoms with E-state index in [-0.39, 0.29) is 12.1 Å². The number of carboxylic acids is 1. The minimum atomic E-state index is -1.97. The van der Waals surface area contributed by atoms with Gasteiger partial charge < -0.3 is 19.9 Å². The number of nitrogens with one attached hydrogen (secondary N) is 1. The second kappa shape index (κ2) is 4.14. The van der Waals surface area contributed by atoms with Gasteiger partial charge in [-0.05, 0) is 13.0 Å². The number of amides is 1. The summed E-state index contributed by atoms with van der Waals surface area (Å²) in [6.07, 6.45) is 2.55. The summed E-state index contributed by atoms with van der Waals surface area (Å²) in [6.45, 7) is 0.733. The van der Waals surface area contributed by atoms with Crippen LogP contribution in [0.1, 0.15) is 17.3 Å². The molecule has 6 nitrogen and oxygen atoms in total. The highest BCUT2D eigenvalue weighted by Crippen LogP contribution is 2.03. The highest BCUT2D eigenvalue weighted by Gasteiger charge is 2.30. The van der Waals surface area contributed by atoms with Gasteiger partial charge in [-0.15, -0.1) is 0 Å². The first-order valence-electron chi connectivity index (χ1n) is 4.19. The van der Waals surface area contributed by atoms with E-state index in [1.807, 2.05) is 0 Å². The first kappa shape index (κ1) is 11.3. The standard InChI is InChI=1S/C9H11NO5/c1-9(14,8(12)13)5-10-7(11)6-2-3-15-4-6/h2-4,14H,5H2,1H3,(H,10,11)(H,12,13). The third-order valence-electron chi connectivity index (χ3n) is 1.84. The topological polar surface area (TPSA) is 99.8 Å². The smallest absolute Gasteiger partial charge is 0.337 e. The van der Waals surface area contributed by atoms with Crippen molar-refractivity contribution in [2.45, 2.75) is 12.5 Å². The normalized spacial score (nSPS) is 14.3. The SMILES string of the molecule is CC(O)(CNC(=O)c1ccoc1)C(=O)O. The van der Waals surface area contributed by atoms with Crippen molar-refractivity contribution < 1.29 is 24.2 Å². The Bertz CT molecular complexity index is 355. The van der Waals surface area contributed by atoms with Gasteiger partial charge in [-0.1, -0.05) is 0 Å². The van der Waals surface area contributed by atoms with Crippen LogP contribution in [-0.4, -0.2) is 34.2 Å². The van der Waals surface area contributed by atoms with E-state index < -0.39 is 17.5 Å². The van der Waals surface area contributed by atoms with E-state index in [1.54, 1.807) is 0 Å². The maximum absolute atomic E-state index is 11.3. The first-order chi connectivity index (χ1) is 6.93. The van der Waals surface area contributed by atoms with Crippen LogP contribution in [0.25, 0.3) is 0 Å². The molecule has 0 saturated heterocycles. The van der Waals surface area contributed by atoms with Gasteiger partial charge in [-0.3, -0.25) is 4.79 Å². The molecule has 1 aromatic heterocycles. The lowest BCUT2D eigenvalue weighted by atomic mass is 10.1. The molecule has 0 aliphatic carbocycles. The summed E-state index contributed by atoms with van der Waals surface area (Å²) in [5.74, 6) is -1.89. The number of carbonyl (C=O) groups is 2. The van der Waals surface area contributed by atoms with E-state index in [9.17, 15) is 14.7 Å². The van der Waals surface area contributed by atoms with Crippen LogP contribution in [-0.2, 0) is 4.79 Å². The van der Waals surface area contributed by atoms with Gasteiger partial charge in [0.15, 0.2) is 5.60 Å². The summed E-state index contributed by atoms with van der Waals surface area (Å²) in [6, 6.07) is 1.44. The molecule has 1 unspecified atom stereocenters. The Balaban J connectivity index is 2.51. The minimum Gasteiger partial charge on any atom is -0.479 e. The molecule has 0 aliphatic heterocycles. The van der Waals surface area contributed by atoms with Crippen LogP contribution in [0, 0.1) is 0 Å². The lowest BCUT2D eigenvalue weighted by Crippen LogP contribution is -2.46. The van der Waals surface area contributed by atoms with Crippen molar-refractivity contribution in [3.05, 3.63) is 24.2 Å². The average molecular weight is 213 g/mol. The van der Waals surface area contributed by atoms with Crippen LogP contribution < -0.4 is 5.32 Å². The number of hydrogen-bond donors (Lipinski definition) is 3. The van der Waals surface area contributed by atoms with Crippen LogP contribution in [0.15, 0.2) is 23.0 Å². The van der Waals surface area contributed by atoms with Crippen molar-refractivity contribution >= 4 is 11.9 Å². The van der Waals surface area contributed by atoms with Gasteiger partial charge in [-0.25, -0.2) is 4.79 Å². The summed E-state index contributed by atoms with van der Waals surface area (Å²) in [7, 11) is 0. The molecule has 0 bridgehead atoms. The molecule has 0 saturated carbocycles. The van der Waals surface area contributed by atoms with Gasteiger partial charge in [0.25, 0.3) is 5.91 Å². The Morgan fingerprint density at radius 2 is 2.27 bits per heavy atom. The summed E-state index contributed by atoms with van der Waals surface area (Å²) in [5.41, 5.74) is -1.70. The maximum Gasteiger partial charge on any atom is 0.337 e. The zero-order valence-electron chi connectivity index (χ0n) is 8.06. The fraction of sp³-hybridized carbons (Fsp3) is 0.333. The third kappa shape index (κ3) is 2.81. The highest BCUT2D eigenvalue weighted by atomic mass is 16.4. The predicted molar refractivity (Wildman–Crippen MR) is 49.3 cm³/mol. The van der Waals surface area contributed by atoms with E-state index in [2.05, 4.69) is 9.73 Å². The molecule has 0 aromatic carbocycles. The molecule has 0 fully saturated rings. The molecular formula is C9H11NO5. The highest BCUT2D eigenvalue weighted by molar-refractivity contribution is 5.94. The zero-order valence-corrected chi connectivity index (χ0v) is 8.06. The van der Waals surface area contributed by atoms with Crippen molar-refractivity contribution in [2.75, 3.05) is 6.54 Å². The lowest BCUT2D eigenvalue weighted by molar-refractivity contribution is -0.155. The predicted octanol–water partition coefficient (Wildman–Crippen LogP) is -0.155. The van der Waals surface area contributed by atoms with Crippen LogP contribution in [0.3, 0.4) is 0 Å². The lowest BCUT2D eigenvalue weighted by Gasteiger charge is -2.17. The fourth-order valence-corrected chi connectivity index (χ4v) is 0.824. The van der Waals surface area contributed by atoms with Crippen molar-refractivity contribution in [1.29, 1.82) is 0 Å². The maximum atomic E-state index is 11.3. The number of carbonyl (C=O) groups excluding carboxylic acids is 1. The number of hydrogen-bond acceptors (Lipinski definition) is 4. The Morgan fingerprint density at radius 1 is 1.60 bits per heavy atom. The van der Waals surface area contributed by atoms with E-state index in [1.165, 1.54) is 18.6 Å². The number of aliphatic hydroxyl groups is 1. The summed E-state index contributed by atoms with van der Waals surface area (Å²) in [5, 5.41) is 20.1. The number of carboxylic acid groups (broad SMARTS) is 1. The van der Waals surface area contributed by atoms with E-state index in [0.29, 0.717) is 0 Å². The van der Waals surface area contributed by atoms with Crippen LogP contribution >= 0.6 is 0 Å². The average Bonchev–Trinajstić information content (AvgIpc) is 2.66. The molecule has 3 N–H and O–H groups in total. The summed E-state index contributed by atoms with van der Waals surface area (Å²) >= 11 is 0. The van der Waals surface area contributed by atoms with Gasteiger partial charge in [0.2, 0.25) is 0 Å². The zero-order chi connectivity index (χ0) is 11.5. The van der Waals surface area contributed by atoms with Gasteiger partial charge in [0, 0.05) is 0 Å². The second-order valence-electron chi connectivity index (χ2n) is 3.27. The Hall–Kier alpha value is -1.82. The number of aliphatic carboxylic acids is 1. The first-order valence-corrected chi connectivity index (χ1v) is 4.19.